The average Bonchev–Trinajstić information content (AvgIpc) is 2.89. The molecule has 1 atom stereocenters. The molecule has 4 aliphatic rings. The predicted molar refractivity (Wildman–Crippen MR) is 159 cm³/mol. The molecule has 4 aliphatic carbocycles. The van der Waals surface area contributed by atoms with E-state index in [0.29, 0.717) is 22.8 Å². The van der Waals surface area contributed by atoms with E-state index in [9.17, 15) is 18.0 Å². The molecule has 0 heterocycles. The summed E-state index contributed by atoms with van der Waals surface area (Å²) >= 11 is 6.37. The second-order valence-corrected chi connectivity index (χ2v) is 14.5. The van der Waals surface area contributed by atoms with Crippen molar-refractivity contribution in [3.8, 4) is 0 Å². The number of halogens is 1. The van der Waals surface area contributed by atoms with E-state index in [4.69, 9.17) is 11.6 Å². The van der Waals surface area contributed by atoms with Gasteiger partial charge in [0.05, 0.1) is 11.9 Å². The summed E-state index contributed by atoms with van der Waals surface area (Å²) in [5.74, 6) is 1.65. The molecule has 0 aliphatic heterocycles. The van der Waals surface area contributed by atoms with Crippen LogP contribution in [0.4, 0.5) is 5.69 Å². The number of amides is 2. The van der Waals surface area contributed by atoms with Gasteiger partial charge in [0.25, 0.3) is 0 Å². The zero-order valence-corrected chi connectivity index (χ0v) is 25.2. The van der Waals surface area contributed by atoms with Gasteiger partial charge in [0.2, 0.25) is 21.8 Å². The second kappa shape index (κ2) is 11.4. The number of hydrogen-bond donors (Lipinski definition) is 1. The van der Waals surface area contributed by atoms with Gasteiger partial charge in [-0.15, -0.1) is 0 Å². The Kier molecular flexibility index (Phi) is 8.22. The van der Waals surface area contributed by atoms with Crippen LogP contribution in [0.3, 0.4) is 0 Å². The molecule has 0 saturated heterocycles. The van der Waals surface area contributed by atoms with Crippen molar-refractivity contribution < 1.29 is 18.0 Å². The highest BCUT2D eigenvalue weighted by molar-refractivity contribution is 7.92. The SMILES string of the molecule is CCNC(=O)[C@H](C)N(Cc1ccccc1Cl)C(=O)CN(c1ccc(C23CC4CC(CC(C4)C2)C3)cc1)S(C)(=O)=O. The minimum absolute atomic E-state index is 0.0827. The lowest BCUT2D eigenvalue weighted by Gasteiger charge is -2.57. The van der Waals surface area contributed by atoms with Gasteiger partial charge in [0.1, 0.15) is 12.6 Å². The molecule has 4 fully saturated rings. The average molecular weight is 586 g/mol. The number of anilines is 1. The molecule has 2 aromatic carbocycles. The summed E-state index contributed by atoms with van der Waals surface area (Å²) in [6.45, 7) is 3.54. The van der Waals surface area contributed by atoms with Crippen LogP contribution in [-0.2, 0) is 31.6 Å². The molecule has 6 rings (SSSR count). The number of rotatable bonds is 10. The van der Waals surface area contributed by atoms with Crippen molar-refractivity contribution >= 4 is 39.1 Å². The number of likely N-dealkylation sites (N-methyl/N-ethyl adjacent to an activating group) is 1. The summed E-state index contributed by atoms with van der Waals surface area (Å²) in [7, 11) is -3.78. The van der Waals surface area contributed by atoms with Gasteiger partial charge >= 0.3 is 0 Å². The predicted octanol–water partition coefficient (Wildman–Crippen LogP) is 5.13. The molecule has 0 unspecified atom stereocenters. The Hall–Kier alpha value is -2.58. The summed E-state index contributed by atoms with van der Waals surface area (Å²) in [4.78, 5) is 27.9. The molecule has 1 N–H and O–H groups in total. The van der Waals surface area contributed by atoms with Crippen LogP contribution < -0.4 is 9.62 Å². The molecule has 4 saturated carbocycles. The Morgan fingerprint density at radius 2 is 1.57 bits per heavy atom. The third-order valence-corrected chi connectivity index (χ3v) is 10.8. The molecular formula is C31H40ClN3O4S. The fourth-order valence-electron chi connectivity index (χ4n) is 7.77. The fraction of sp³-hybridized carbons (Fsp3) is 0.548. The maximum atomic E-state index is 13.7. The van der Waals surface area contributed by atoms with Gasteiger partial charge in [-0.2, -0.15) is 0 Å². The lowest BCUT2D eigenvalue weighted by molar-refractivity contribution is -0.139. The van der Waals surface area contributed by atoms with Crippen molar-refractivity contribution in [2.75, 3.05) is 23.7 Å². The smallest absolute Gasteiger partial charge is 0.244 e. The molecule has 216 valence electrons. The minimum atomic E-state index is -3.78. The van der Waals surface area contributed by atoms with Crippen molar-refractivity contribution in [1.29, 1.82) is 0 Å². The van der Waals surface area contributed by atoms with Crippen molar-refractivity contribution in [1.82, 2.24) is 10.2 Å². The normalized spacial score (nSPS) is 25.9. The Bertz CT molecular complexity index is 1330. The highest BCUT2D eigenvalue weighted by atomic mass is 35.5. The molecule has 0 radical (unpaired) electrons. The first-order valence-corrected chi connectivity index (χ1v) is 16.6. The van der Waals surface area contributed by atoms with Crippen molar-refractivity contribution in [2.45, 2.75) is 70.4 Å². The minimum Gasteiger partial charge on any atom is -0.355 e. The summed E-state index contributed by atoms with van der Waals surface area (Å²) in [6.07, 6.45) is 8.87. The molecule has 7 nitrogen and oxygen atoms in total. The summed E-state index contributed by atoms with van der Waals surface area (Å²) in [6, 6.07) is 14.1. The third-order valence-electron chi connectivity index (χ3n) is 9.30. The maximum absolute atomic E-state index is 13.7. The zero-order valence-electron chi connectivity index (χ0n) is 23.6. The Morgan fingerprint density at radius 3 is 2.10 bits per heavy atom. The lowest BCUT2D eigenvalue weighted by atomic mass is 9.48. The number of sulfonamides is 1. The number of nitrogens with zero attached hydrogens (tertiary/aromatic N) is 2. The molecule has 4 bridgehead atoms. The van der Waals surface area contributed by atoms with E-state index >= 15 is 0 Å². The van der Waals surface area contributed by atoms with E-state index in [-0.39, 0.29) is 17.9 Å². The van der Waals surface area contributed by atoms with Crippen LogP contribution in [0, 0.1) is 17.8 Å². The number of hydrogen-bond acceptors (Lipinski definition) is 4. The van der Waals surface area contributed by atoms with Crippen molar-refractivity contribution in [3.63, 3.8) is 0 Å². The summed E-state index contributed by atoms with van der Waals surface area (Å²) < 4.78 is 27.1. The van der Waals surface area contributed by atoms with E-state index < -0.39 is 28.5 Å². The van der Waals surface area contributed by atoms with Gasteiger partial charge < -0.3 is 10.2 Å². The highest BCUT2D eigenvalue weighted by Gasteiger charge is 2.51. The van der Waals surface area contributed by atoms with Gasteiger partial charge in [-0.25, -0.2) is 8.42 Å². The fourth-order valence-corrected chi connectivity index (χ4v) is 8.82. The number of carbonyl (C=O) groups is 2. The van der Waals surface area contributed by atoms with E-state index in [1.165, 1.54) is 49.0 Å². The van der Waals surface area contributed by atoms with Gasteiger partial charge in [-0.05, 0) is 105 Å². The lowest BCUT2D eigenvalue weighted by Crippen LogP contribution is -2.51. The van der Waals surface area contributed by atoms with Gasteiger partial charge in [-0.1, -0.05) is 41.9 Å². The van der Waals surface area contributed by atoms with Crippen LogP contribution in [0.25, 0.3) is 0 Å². The molecule has 0 aromatic heterocycles. The van der Waals surface area contributed by atoms with Crippen LogP contribution in [0.5, 0.6) is 0 Å². The Balaban J connectivity index is 1.39. The van der Waals surface area contributed by atoms with E-state index in [1.807, 2.05) is 25.1 Å². The van der Waals surface area contributed by atoms with Crippen molar-refractivity contribution in [2.24, 2.45) is 17.8 Å². The first-order chi connectivity index (χ1) is 19.0. The topological polar surface area (TPSA) is 86.8 Å². The third kappa shape index (κ3) is 5.89. The van der Waals surface area contributed by atoms with Gasteiger partial charge in [0, 0.05) is 18.1 Å². The molecule has 40 heavy (non-hydrogen) atoms. The van der Waals surface area contributed by atoms with Crippen LogP contribution in [-0.4, -0.2) is 50.5 Å². The number of carbonyl (C=O) groups excluding carboxylic acids is 2. The summed E-state index contributed by atoms with van der Waals surface area (Å²) in [5, 5.41) is 3.23. The number of benzene rings is 2. The summed E-state index contributed by atoms with van der Waals surface area (Å²) in [5.41, 5.74) is 2.62. The molecule has 9 heteroatoms. The van der Waals surface area contributed by atoms with E-state index in [2.05, 4.69) is 17.4 Å². The van der Waals surface area contributed by atoms with Crippen LogP contribution in [0.2, 0.25) is 5.02 Å². The number of nitrogens with one attached hydrogen (secondary N) is 1. The van der Waals surface area contributed by atoms with Crippen molar-refractivity contribution in [3.05, 3.63) is 64.7 Å². The van der Waals surface area contributed by atoms with Crippen LogP contribution in [0.15, 0.2) is 48.5 Å². The van der Waals surface area contributed by atoms with Gasteiger partial charge in [-0.3, -0.25) is 13.9 Å². The van der Waals surface area contributed by atoms with Crippen LogP contribution in [0.1, 0.15) is 63.5 Å². The Labute approximate surface area is 243 Å². The standard InChI is InChI=1S/C31H40ClN3O4S/c1-4-33-30(37)21(2)34(19-25-7-5-6-8-28(25)32)29(36)20-35(40(3,38)39)27-11-9-26(10-12-27)31-16-22-13-23(17-31)15-24(14-22)18-31/h5-12,21-24H,4,13-20H2,1-3H3,(H,33,37)/t21-,22?,23?,24?,31?/m0/s1. The molecule has 2 amide bonds. The zero-order chi connectivity index (χ0) is 28.7. The van der Waals surface area contributed by atoms with E-state index in [1.54, 1.807) is 25.1 Å². The highest BCUT2D eigenvalue weighted by Crippen LogP contribution is 2.60. The first-order valence-electron chi connectivity index (χ1n) is 14.4. The quantitative estimate of drug-likeness (QED) is 0.419. The molecule has 2 aromatic rings. The van der Waals surface area contributed by atoms with Gasteiger partial charge in [0.15, 0.2) is 0 Å². The maximum Gasteiger partial charge on any atom is 0.244 e. The first kappa shape index (κ1) is 28.9. The second-order valence-electron chi connectivity index (χ2n) is 12.2. The van der Waals surface area contributed by atoms with Crippen LogP contribution >= 0.6 is 11.6 Å². The largest absolute Gasteiger partial charge is 0.355 e. The Morgan fingerprint density at radius 1 is 1.00 bits per heavy atom. The monoisotopic (exact) mass is 585 g/mol. The van der Waals surface area contributed by atoms with E-state index in [0.717, 1.165) is 28.3 Å². The molecular weight excluding hydrogens is 546 g/mol. The molecule has 0 spiro atoms.